The molecule has 1 aromatic rings. The van der Waals surface area contributed by atoms with Crippen molar-refractivity contribution in [2.45, 2.75) is 12.6 Å². The zero-order valence-electron chi connectivity index (χ0n) is 7.32. The van der Waals surface area contributed by atoms with Crippen molar-refractivity contribution in [3.05, 3.63) is 28.0 Å². The lowest BCUT2D eigenvalue weighted by Gasteiger charge is -2.14. The fourth-order valence-corrected chi connectivity index (χ4v) is 1.34. The predicted molar refractivity (Wildman–Crippen MR) is 43.9 cm³/mol. The summed E-state index contributed by atoms with van der Waals surface area (Å²) in [4.78, 5) is 3.05. The smallest absolute Gasteiger partial charge is 0.243 e. The Morgan fingerprint density at radius 3 is 2.31 bits per heavy atom. The molecule has 8 heteroatoms. The van der Waals surface area contributed by atoms with Crippen molar-refractivity contribution in [2.24, 2.45) is 0 Å². The van der Waals surface area contributed by atoms with E-state index in [-0.39, 0.29) is 0 Å². The second kappa shape index (κ2) is 4.22. The van der Waals surface area contributed by atoms with Crippen LogP contribution in [0.2, 0.25) is 5.15 Å². The van der Waals surface area contributed by atoms with Gasteiger partial charge in [0, 0.05) is 6.20 Å². The van der Waals surface area contributed by atoms with Gasteiger partial charge < -0.3 is 0 Å². The number of halogens is 6. The third-order valence-electron chi connectivity index (χ3n) is 1.69. The van der Waals surface area contributed by atoms with Crippen LogP contribution in [0, 0.1) is 11.3 Å². The lowest BCUT2D eigenvalue weighted by Crippen LogP contribution is -2.13. The highest BCUT2D eigenvalue weighted by Crippen LogP contribution is 2.41. The highest BCUT2D eigenvalue weighted by molar-refractivity contribution is 6.30. The quantitative estimate of drug-likeness (QED) is 0.569. The van der Waals surface area contributed by atoms with Gasteiger partial charge in [0.05, 0.1) is 11.1 Å². The minimum absolute atomic E-state index is 0.582. The van der Waals surface area contributed by atoms with Crippen molar-refractivity contribution in [1.82, 2.24) is 4.98 Å². The van der Waals surface area contributed by atoms with Gasteiger partial charge in [-0.1, -0.05) is 11.6 Å². The molecule has 0 unspecified atom stereocenters. The molecular weight excluding hydrogens is 255 g/mol. The molecule has 1 aromatic heterocycles. The Morgan fingerprint density at radius 2 is 1.94 bits per heavy atom. The van der Waals surface area contributed by atoms with Crippen LogP contribution in [0.15, 0.2) is 6.20 Å². The molecule has 0 saturated carbocycles. The van der Waals surface area contributed by atoms with Crippen molar-refractivity contribution in [3.63, 3.8) is 0 Å². The number of hydrogen-bond acceptors (Lipinski definition) is 2. The van der Waals surface area contributed by atoms with Crippen molar-refractivity contribution in [3.8, 4) is 6.07 Å². The largest absolute Gasteiger partial charge is 0.419 e. The second-order valence-electron chi connectivity index (χ2n) is 2.66. The summed E-state index contributed by atoms with van der Waals surface area (Å²) in [5.74, 6) is 0. The monoisotopic (exact) mass is 256 g/mol. The molecule has 16 heavy (non-hydrogen) atoms. The molecule has 1 rings (SSSR count). The van der Waals surface area contributed by atoms with Gasteiger partial charge in [0.2, 0.25) is 0 Å². The van der Waals surface area contributed by atoms with Crippen LogP contribution in [0.5, 0.6) is 0 Å². The third kappa shape index (κ3) is 2.22. The van der Waals surface area contributed by atoms with Crippen molar-refractivity contribution < 1.29 is 22.0 Å². The fourth-order valence-electron chi connectivity index (χ4n) is 1.09. The van der Waals surface area contributed by atoms with Crippen LogP contribution in [0.4, 0.5) is 22.0 Å². The van der Waals surface area contributed by atoms with E-state index >= 15 is 0 Å². The lowest BCUT2D eigenvalue weighted by atomic mass is 10.1. The molecule has 0 saturated heterocycles. The van der Waals surface area contributed by atoms with E-state index in [1.165, 1.54) is 6.07 Å². The Hall–Kier alpha value is -1.42. The number of alkyl halides is 5. The molecule has 2 nitrogen and oxygen atoms in total. The minimum atomic E-state index is -5.08. The van der Waals surface area contributed by atoms with Crippen LogP contribution in [-0.4, -0.2) is 4.98 Å². The van der Waals surface area contributed by atoms with Crippen LogP contribution in [0.1, 0.15) is 23.1 Å². The van der Waals surface area contributed by atoms with E-state index < -0.39 is 34.4 Å². The van der Waals surface area contributed by atoms with Gasteiger partial charge in [0.25, 0.3) is 6.43 Å². The molecule has 0 radical (unpaired) electrons. The standard InChI is InChI=1S/C8H2ClF5N2/c9-6-5(8(12,13)14)4(7(10)11)3(1-15)2-16-6/h2,7H. The maximum Gasteiger partial charge on any atom is 0.419 e. The first-order valence-corrected chi connectivity index (χ1v) is 4.10. The molecule has 0 N–H and O–H groups in total. The average Bonchev–Trinajstić information content (AvgIpc) is 2.15. The Kier molecular flexibility index (Phi) is 3.33. The summed E-state index contributed by atoms with van der Waals surface area (Å²) in [7, 11) is 0. The van der Waals surface area contributed by atoms with Gasteiger partial charge in [-0.2, -0.15) is 18.4 Å². The first kappa shape index (κ1) is 12.6. The maximum atomic E-state index is 12.4. The Labute approximate surface area is 91.3 Å². The molecule has 0 aromatic carbocycles. The van der Waals surface area contributed by atoms with Gasteiger partial charge in [-0.3, -0.25) is 0 Å². The van der Waals surface area contributed by atoms with Crippen LogP contribution < -0.4 is 0 Å². The maximum absolute atomic E-state index is 12.4. The van der Waals surface area contributed by atoms with Crippen LogP contribution in [0.25, 0.3) is 0 Å². The van der Waals surface area contributed by atoms with Crippen molar-refractivity contribution in [1.29, 1.82) is 5.26 Å². The molecule has 86 valence electrons. The van der Waals surface area contributed by atoms with Gasteiger partial charge >= 0.3 is 6.18 Å². The van der Waals surface area contributed by atoms with E-state index in [1.54, 1.807) is 0 Å². The molecular formula is C8H2ClF5N2. The minimum Gasteiger partial charge on any atom is -0.243 e. The molecule has 1 heterocycles. The molecule has 0 aliphatic rings. The molecule has 0 spiro atoms. The molecule has 0 amide bonds. The zero-order valence-corrected chi connectivity index (χ0v) is 8.07. The SMILES string of the molecule is N#Cc1cnc(Cl)c(C(F)(F)F)c1C(F)F. The Bertz CT molecular complexity index is 449. The van der Waals surface area contributed by atoms with Gasteiger partial charge in [-0.15, -0.1) is 0 Å². The highest BCUT2D eigenvalue weighted by Gasteiger charge is 2.40. The van der Waals surface area contributed by atoms with E-state index in [2.05, 4.69) is 4.98 Å². The summed E-state index contributed by atoms with van der Waals surface area (Å²) in [5.41, 5.74) is -4.04. The van der Waals surface area contributed by atoms with E-state index in [0.29, 0.717) is 6.20 Å². The summed E-state index contributed by atoms with van der Waals surface area (Å²) in [6, 6.07) is 1.22. The van der Waals surface area contributed by atoms with E-state index in [4.69, 9.17) is 16.9 Å². The average molecular weight is 257 g/mol. The van der Waals surface area contributed by atoms with Gasteiger partial charge in [-0.05, 0) is 0 Å². The number of hydrogen-bond donors (Lipinski definition) is 0. The van der Waals surface area contributed by atoms with Crippen LogP contribution >= 0.6 is 11.6 Å². The van der Waals surface area contributed by atoms with Gasteiger partial charge in [-0.25, -0.2) is 13.8 Å². The second-order valence-corrected chi connectivity index (χ2v) is 3.02. The summed E-state index contributed by atoms with van der Waals surface area (Å²) in [5, 5.41) is 7.32. The van der Waals surface area contributed by atoms with Gasteiger partial charge in [0.15, 0.2) is 0 Å². The van der Waals surface area contributed by atoms with Crippen molar-refractivity contribution >= 4 is 11.6 Å². The molecule has 0 aliphatic heterocycles. The zero-order chi connectivity index (χ0) is 12.5. The summed E-state index contributed by atoms with van der Waals surface area (Å²) in [6.07, 6.45) is -7.95. The highest BCUT2D eigenvalue weighted by atomic mass is 35.5. The summed E-state index contributed by atoms with van der Waals surface area (Å²) in [6.45, 7) is 0. The predicted octanol–water partition coefficient (Wildman–Crippen LogP) is 3.56. The molecule has 0 fully saturated rings. The number of rotatable bonds is 1. The summed E-state index contributed by atoms with van der Waals surface area (Å²) >= 11 is 5.11. The van der Waals surface area contributed by atoms with Crippen molar-refractivity contribution in [2.75, 3.05) is 0 Å². The molecule has 0 atom stereocenters. The summed E-state index contributed by atoms with van der Waals surface area (Å²) < 4.78 is 62.2. The van der Waals surface area contributed by atoms with E-state index in [9.17, 15) is 22.0 Å². The normalized spacial score (nSPS) is 11.6. The molecule has 0 bridgehead atoms. The van der Waals surface area contributed by atoms with E-state index in [0.717, 1.165) is 0 Å². The number of nitrogens with zero attached hydrogens (tertiary/aromatic N) is 2. The Morgan fingerprint density at radius 1 is 1.38 bits per heavy atom. The lowest BCUT2D eigenvalue weighted by molar-refractivity contribution is -0.139. The Balaban J connectivity index is 3.63. The number of pyridine rings is 1. The fraction of sp³-hybridized carbons (Fsp3) is 0.250. The number of nitriles is 1. The third-order valence-corrected chi connectivity index (χ3v) is 1.98. The first-order valence-electron chi connectivity index (χ1n) is 3.73. The van der Waals surface area contributed by atoms with Gasteiger partial charge in [0.1, 0.15) is 16.8 Å². The topological polar surface area (TPSA) is 36.7 Å². The van der Waals surface area contributed by atoms with E-state index in [1.807, 2.05) is 0 Å². The first-order chi connectivity index (χ1) is 7.29. The van der Waals surface area contributed by atoms with Crippen LogP contribution in [-0.2, 0) is 6.18 Å². The number of aromatic nitrogens is 1. The van der Waals surface area contributed by atoms with Crippen LogP contribution in [0.3, 0.4) is 0 Å². The molecule has 0 aliphatic carbocycles.